The molecule has 0 aliphatic carbocycles. The third kappa shape index (κ3) is 4.48. The number of rotatable bonds is 4. The van der Waals surface area contributed by atoms with E-state index in [-0.39, 0.29) is 17.2 Å². The van der Waals surface area contributed by atoms with Crippen LogP contribution in [0.1, 0.15) is 20.8 Å². The number of carbonyl (C=O) groups is 1. The second-order valence-corrected chi connectivity index (χ2v) is 5.23. The van der Waals surface area contributed by atoms with Crippen LogP contribution in [0.25, 0.3) is 0 Å². The van der Waals surface area contributed by atoms with E-state index in [0.717, 1.165) is 0 Å². The van der Waals surface area contributed by atoms with Gasteiger partial charge in [-0.1, -0.05) is 11.8 Å². The highest BCUT2D eigenvalue weighted by molar-refractivity contribution is 8.00. The van der Waals surface area contributed by atoms with Gasteiger partial charge in [0.05, 0.1) is 5.25 Å². The zero-order valence-corrected chi connectivity index (χ0v) is 10.9. The molecule has 1 heterocycles. The van der Waals surface area contributed by atoms with Crippen molar-refractivity contribution in [1.29, 1.82) is 0 Å². The number of nitrogens with two attached hydrogens (primary N) is 2. The van der Waals surface area contributed by atoms with Gasteiger partial charge in [0.15, 0.2) is 5.16 Å². The van der Waals surface area contributed by atoms with Crippen molar-refractivity contribution >= 4 is 29.3 Å². The first-order valence-electron chi connectivity index (χ1n) is 5.25. The Balaban J connectivity index is 2.67. The lowest BCUT2D eigenvalue weighted by Crippen LogP contribution is -2.35. The summed E-state index contributed by atoms with van der Waals surface area (Å²) < 4.78 is 0. The van der Waals surface area contributed by atoms with E-state index in [9.17, 15) is 4.79 Å². The van der Waals surface area contributed by atoms with Crippen molar-refractivity contribution < 1.29 is 4.79 Å². The maximum atomic E-state index is 11.7. The zero-order valence-electron chi connectivity index (χ0n) is 10.1. The normalized spacial score (nSPS) is 12.5. The molecule has 0 saturated heterocycles. The summed E-state index contributed by atoms with van der Waals surface area (Å²) in [6, 6.07) is 1.58. The predicted molar refractivity (Wildman–Crippen MR) is 69.5 cm³/mol. The number of hydrogen-bond acceptors (Lipinski definition) is 6. The van der Waals surface area contributed by atoms with Gasteiger partial charge in [0.1, 0.15) is 11.6 Å². The van der Waals surface area contributed by atoms with E-state index in [1.807, 2.05) is 13.8 Å². The van der Waals surface area contributed by atoms with Crippen molar-refractivity contribution in [2.45, 2.75) is 37.2 Å². The minimum atomic E-state index is -0.293. The lowest BCUT2D eigenvalue weighted by atomic mass is 10.3. The Morgan fingerprint density at radius 2 is 1.82 bits per heavy atom. The van der Waals surface area contributed by atoms with Gasteiger partial charge < -0.3 is 16.8 Å². The van der Waals surface area contributed by atoms with Gasteiger partial charge in [-0.05, 0) is 20.8 Å². The second kappa shape index (κ2) is 5.72. The Bertz CT molecular complexity index is 389. The molecule has 94 valence electrons. The molecule has 17 heavy (non-hydrogen) atoms. The van der Waals surface area contributed by atoms with E-state index in [2.05, 4.69) is 15.3 Å². The first kappa shape index (κ1) is 13.6. The van der Waals surface area contributed by atoms with Crippen LogP contribution >= 0.6 is 11.8 Å². The fraction of sp³-hybridized carbons (Fsp3) is 0.500. The van der Waals surface area contributed by atoms with Gasteiger partial charge in [0.25, 0.3) is 0 Å². The molecule has 1 unspecified atom stereocenters. The summed E-state index contributed by atoms with van der Waals surface area (Å²) >= 11 is 1.23. The maximum absolute atomic E-state index is 11.7. The number of anilines is 2. The third-order valence-corrected chi connectivity index (χ3v) is 2.79. The van der Waals surface area contributed by atoms with Crippen LogP contribution in [-0.2, 0) is 4.79 Å². The smallest absolute Gasteiger partial charge is 0.233 e. The summed E-state index contributed by atoms with van der Waals surface area (Å²) in [5, 5.41) is 2.93. The van der Waals surface area contributed by atoms with Crippen molar-refractivity contribution in [3.05, 3.63) is 6.07 Å². The van der Waals surface area contributed by atoms with Crippen LogP contribution in [0.2, 0.25) is 0 Å². The number of nitrogens with one attached hydrogen (secondary N) is 1. The van der Waals surface area contributed by atoms with Crippen LogP contribution in [-0.4, -0.2) is 27.2 Å². The fourth-order valence-electron chi connectivity index (χ4n) is 1.13. The Kier molecular flexibility index (Phi) is 4.56. The van der Waals surface area contributed by atoms with Gasteiger partial charge in [0.2, 0.25) is 5.91 Å². The minimum absolute atomic E-state index is 0.0606. The average Bonchev–Trinajstić information content (AvgIpc) is 2.14. The van der Waals surface area contributed by atoms with Crippen LogP contribution in [0.5, 0.6) is 0 Å². The lowest BCUT2D eigenvalue weighted by molar-refractivity contribution is -0.120. The Morgan fingerprint density at radius 3 is 2.29 bits per heavy atom. The van der Waals surface area contributed by atoms with Gasteiger partial charge in [-0.15, -0.1) is 0 Å². The number of hydrogen-bond donors (Lipinski definition) is 3. The molecule has 0 aliphatic heterocycles. The largest absolute Gasteiger partial charge is 0.383 e. The van der Waals surface area contributed by atoms with Gasteiger partial charge in [0, 0.05) is 12.1 Å². The first-order valence-corrected chi connectivity index (χ1v) is 6.13. The number of thioether (sulfide) groups is 1. The fourth-order valence-corrected chi connectivity index (χ4v) is 1.94. The predicted octanol–water partition coefficient (Wildman–Crippen LogP) is 0.646. The summed E-state index contributed by atoms with van der Waals surface area (Å²) in [5.41, 5.74) is 11.1. The highest BCUT2D eigenvalue weighted by atomic mass is 32.2. The Morgan fingerprint density at radius 1 is 1.29 bits per heavy atom. The molecule has 0 saturated carbocycles. The summed E-state index contributed by atoms with van der Waals surface area (Å²) in [5.74, 6) is 0.544. The van der Waals surface area contributed by atoms with Gasteiger partial charge in [-0.3, -0.25) is 4.79 Å². The first-order chi connectivity index (χ1) is 7.88. The van der Waals surface area contributed by atoms with Crippen molar-refractivity contribution in [3.63, 3.8) is 0 Å². The quantitative estimate of drug-likeness (QED) is 0.538. The molecule has 0 radical (unpaired) electrons. The SMILES string of the molecule is CC(C)NC(=O)C(C)Sc1nc(N)cc(N)n1. The molecule has 5 N–H and O–H groups in total. The van der Waals surface area contributed by atoms with Gasteiger partial charge >= 0.3 is 0 Å². The molecular weight excluding hydrogens is 238 g/mol. The molecular formula is C10H17N5OS. The van der Waals surface area contributed by atoms with E-state index in [1.165, 1.54) is 17.8 Å². The molecule has 1 aromatic heterocycles. The number of nitrogen functional groups attached to an aromatic ring is 2. The third-order valence-electron chi connectivity index (χ3n) is 1.83. The highest BCUT2D eigenvalue weighted by Crippen LogP contribution is 2.21. The summed E-state index contributed by atoms with van der Waals surface area (Å²) in [4.78, 5) is 19.7. The van der Waals surface area contributed by atoms with Crippen LogP contribution < -0.4 is 16.8 Å². The average molecular weight is 255 g/mol. The van der Waals surface area contributed by atoms with E-state index >= 15 is 0 Å². The van der Waals surface area contributed by atoms with Crippen LogP contribution in [0, 0.1) is 0 Å². The Hall–Kier alpha value is -1.50. The molecule has 1 rings (SSSR count). The molecule has 0 bridgehead atoms. The maximum Gasteiger partial charge on any atom is 0.233 e. The molecule has 0 spiro atoms. The summed E-state index contributed by atoms with van der Waals surface area (Å²) in [7, 11) is 0. The van der Waals surface area contributed by atoms with Gasteiger partial charge in [-0.25, -0.2) is 9.97 Å². The van der Waals surface area contributed by atoms with E-state index in [4.69, 9.17) is 11.5 Å². The van der Waals surface area contributed by atoms with Crippen LogP contribution in [0.15, 0.2) is 11.2 Å². The monoisotopic (exact) mass is 255 g/mol. The highest BCUT2D eigenvalue weighted by Gasteiger charge is 2.16. The van der Waals surface area contributed by atoms with Crippen molar-refractivity contribution in [2.75, 3.05) is 11.5 Å². The molecule has 6 nitrogen and oxygen atoms in total. The molecule has 7 heteroatoms. The van der Waals surface area contributed by atoms with Crippen LogP contribution in [0.3, 0.4) is 0 Å². The number of nitrogens with zero attached hydrogens (tertiary/aromatic N) is 2. The molecule has 1 aromatic rings. The van der Waals surface area contributed by atoms with Crippen LogP contribution in [0.4, 0.5) is 11.6 Å². The summed E-state index contributed by atoms with van der Waals surface area (Å²) in [6.07, 6.45) is 0. The molecule has 1 amide bonds. The number of amides is 1. The van der Waals surface area contributed by atoms with E-state index in [0.29, 0.717) is 16.8 Å². The van der Waals surface area contributed by atoms with E-state index in [1.54, 1.807) is 6.92 Å². The minimum Gasteiger partial charge on any atom is -0.383 e. The van der Waals surface area contributed by atoms with Crippen molar-refractivity contribution in [1.82, 2.24) is 15.3 Å². The van der Waals surface area contributed by atoms with Crippen molar-refractivity contribution in [2.24, 2.45) is 0 Å². The standard InChI is InChI=1S/C10H17N5OS/c1-5(2)13-9(16)6(3)17-10-14-7(11)4-8(12)15-10/h4-6H,1-3H3,(H,13,16)(H4,11,12,14,15). The topological polar surface area (TPSA) is 107 Å². The molecule has 0 fully saturated rings. The molecule has 0 aromatic carbocycles. The summed E-state index contributed by atoms with van der Waals surface area (Å²) in [6.45, 7) is 5.60. The Labute approximate surface area is 105 Å². The molecule has 0 aliphatic rings. The lowest BCUT2D eigenvalue weighted by Gasteiger charge is -2.13. The van der Waals surface area contributed by atoms with Gasteiger partial charge in [-0.2, -0.15) is 0 Å². The van der Waals surface area contributed by atoms with Crippen molar-refractivity contribution in [3.8, 4) is 0 Å². The number of carbonyl (C=O) groups excluding carboxylic acids is 1. The second-order valence-electron chi connectivity index (χ2n) is 3.92. The zero-order chi connectivity index (χ0) is 13.0. The molecule has 1 atom stereocenters. The van der Waals surface area contributed by atoms with E-state index < -0.39 is 0 Å². The number of aromatic nitrogens is 2.